The topological polar surface area (TPSA) is 55.8 Å². The van der Waals surface area contributed by atoms with E-state index in [0.29, 0.717) is 19.6 Å². The zero-order valence-corrected chi connectivity index (χ0v) is 18.9. The minimum Gasteiger partial charge on any atom is -0.457 e. The Kier molecular flexibility index (Phi) is 22.2. The second-order valence-corrected chi connectivity index (χ2v) is 8.07. The van der Waals surface area contributed by atoms with Crippen molar-refractivity contribution in [1.29, 1.82) is 0 Å². The number of ether oxygens (including phenoxy) is 2. The van der Waals surface area contributed by atoms with Gasteiger partial charge in [-0.2, -0.15) is 0 Å². The number of rotatable bonds is 22. The van der Waals surface area contributed by atoms with Crippen LogP contribution in [0.3, 0.4) is 0 Å². The molecule has 0 radical (unpaired) electrons. The lowest BCUT2D eigenvalue weighted by Crippen LogP contribution is -2.27. The average Bonchev–Trinajstić information content (AvgIpc) is 2.69. The molecule has 0 fully saturated rings. The van der Waals surface area contributed by atoms with Crippen LogP contribution in [0, 0.1) is 0 Å². The lowest BCUT2D eigenvalue weighted by atomic mass is 10.0. The standard InChI is InChI=1S/C24H48O4/c1-3-5-6-7-8-9-10-11-12-13-14-15-16-17-18-20-27-22-23(21-25)28-24(26)19-4-2/h23,25H,3-22H2,1-2H3. The minimum absolute atomic E-state index is 0.172. The van der Waals surface area contributed by atoms with E-state index in [4.69, 9.17) is 9.47 Å². The van der Waals surface area contributed by atoms with Crippen molar-refractivity contribution >= 4 is 5.97 Å². The van der Waals surface area contributed by atoms with Gasteiger partial charge in [-0.25, -0.2) is 0 Å². The van der Waals surface area contributed by atoms with Gasteiger partial charge >= 0.3 is 5.97 Å². The third-order valence-electron chi connectivity index (χ3n) is 5.15. The van der Waals surface area contributed by atoms with Crippen LogP contribution in [0.1, 0.15) is 123 Å². The largest absolute Gasteiger partial charge is 0.457 e. The molecule has 1 atom stereocenters. The van der Waals surface area contributed by atoms with Crippen LogP contribution in [0.15, 0.2) is 0 Å². The molecule has 0 rings (SSSR count). The number of unbranched alkanes of at least 4 members (excludes halogenated alkanes) is 14. The summed E-state index contributed by atoms with van der Waals surface area (Å²) in [4.78, 5) is 11.4. The fourth-order valence-corrected chi connectivity index (χ4v) is 3.36. The Labute approximate surface area is 174 Å². The lowest BCUT2D eigenvalue weighted by Gasteiger charge is -2.15. The van der Waals surface area contributed by atoms with E-state index in [0.717, 1.165) is 12.8 Å². The third kappa shape index (κ3) is 20.1. The molecule has 0 amide bonds. The average molecular weight is 401 g/mol. The van der Waals surface area contributed by atoms with Crippen LogP contribution < -0.4 is 0 Å². The number of carbonyl (C=O) groups is 1. The summed E-state index contributed by atoms with van der Waals surface area (Å²) in [5.41, 5.74) is 0. The highest BCUT2D eigenvalue weighted by molar-refractivity contribution is 5.69. The Morgan fingerprint density at radius 2 is 1.18 bits per heavy atom. The van der Waals surface area contributed by atoms with Gasteiger partial charge in [-0.1, -0.05) is 104 Å². The van der Waals surface area contributed by atoms with Crippen molar-refractivity contribution in [3.8, 4) is 0 Å². The van der Waals surface area contributed by atoms with Gasteiger partial charge in [0.1, 0.15) is 6.10 Å². The molecule has 0 bridgehead atoms. The zero-order chi connectivity index (χ0) is 20.7. The highest BCUT2D eigenvalue weighted by atomic mass is 16.6. The van der Waals surface area contributed by atoms with Crippen molar-refractivity contribution < 1.29 is 19.4 Å². The molecule has 28 heavy (non-hydrogen) atoms. The van der Waals surface area contributed by atoms with Crippen molar-refractivity contribution in [2.45, 2.75) is 129 Å². The van der Waals surface area contributed by atoms with Crippen molar-refractivity contribution in [1.82, 2.24) is 0 Å². The molecule has 0 aliphatic carbocycles. The maximum atomic E-state index is 11.4. The number of aliphatic hydroxyl groups is 1. The third-order valence-corrected chi connectivity index (χ3v) is 5.15. The van der Waals surface area contributed by atoms with Gasteiger partial charge in [-0.15, -0.1) is 0 Å². The fourth-order valence-electron chi connectivity index (χ4n) is 3.36. The summed E-state index contributed by atoms with van der Waals surface area (Å²) < 4.78 is 10.7. The van der Waals surface area contributed by atoms with Crippen LogP contribution in [-0.2, 0) is 14.3 Å². The molecule has 0 aliphatic rings. The van der Waals surface area contributed by atoms with E-state index in [1.54, 1.807) is 0 Å². The van der Waals surface area contributed by atoms with Gasteiger partial charge in [0.25, 0.3) is 0 Å². The van der Waals surface area contributed by atoms with Crippen molar-refractivity contribution in [3.05, 3.63) is 0 Å². The van der Waals surface area contributed by atoms with E-state index < -0.39 is 6.10 Å². The van der Waals surface area contributed by atoms with E-state index in [-0.39, 0.29) is 12.6 Å². The Bertz CT molecular complexity index is 320. The molecule has 0 aromatic rings. The van der Waals surface area contributed by atoms with Crippen LogP contribution in [-0.4, -0.2) is 37.0 Å². The van der Waals surface area contributed by atoms with Crippen LogP contribution in [0.2, 0.25) is 0 Å². The molecule has 168 valence electrons. The maximum Gasteiger partial charge on any atom is 0.306 e. The minimum atomic E-state index is -0.518. The fraction of sp³-hybridized carbons (Fsp3) is 0.958. The molecule has 0 heterocycles. The van der Waals surface area contributed by atoms with Gasteiger partial charge < -0.3 is 14.6 Å². The predicted octanol–water partition coefficient (Wildman–Crippen LogP) is 6.58. The summed E-state index contributed by atoms with van der Waals surface area (Å²) in [6.45, 7) is 5.01. The van der Waals surface area contributed by atoms with Crippen molar-refractivity contribution in [2.75, 3.05) is 19.8 Å². The van der Waals surface area contributed by atoms with Crippen LogP contribution in [0.25, 0.3) is 0 Å². The van der Waals surface area contributed by atoms with Gasteiger partial charge in [-0.05, 0) is 12.8 Å². The molecule has 1 unspecified atom stereocenters. The van der Waals surface area contributed by atoms with Crippen LogP contribution in [0.4, 0.5) is 0 Å². The van der Waals surface area contributed by atoms with Crippen molar-refractivity contribution in [3.63, 3.8) is 0 Å². The molecule has 0 saturated heterocycles. The summed E-state index contributed by atoms with van der Waals surface area (Å²) in [7, 11) is 0. The van der Waals surface area contributed by atoms with Gasteiger partial charge in [0.05, 0.1) is 13.2 Å². The van der Waals surface area contributed by atoms with Crippen LogP contribution >= 0.6 is 0 Å². The highest BCUT2D eigenvalue weighted by Crippen LogP contribution is 2.13. The van der Waals surface area contributed by atoms with E-state index >= 15 is 0 Å². The van der Waals surface area contributed by atoms with E-state index in [9.17, 15) is 9.90 Å². The van der Waals surface area contributed by atoms with E-state index in [1.165, 1.54) is 89.9 Å². The summed E-state index contributed by atoms with van der Waals surface area (Å²) in [5.74, 6) is -0.253. The molecule has 0 saturated carbocycles. The first-order chi connectivity index (χ1) is 13.7. The monoisotopic (exact) mass is 400 g/mol. The van der Waals surface area contributed by atoms with Crippen molar-refractivity contribution in [2.24, 2.45) is 0 Å². The van der Waals surface area contributed by atoms with Gasteiger partial charge in [0.15, 0.2) is 0 Å². The van der Waals surface area contributed by atoms with Gasteiger partial charge in [0.2, 0.25) is 0 Å². The Morgan fingerprint density at radius 3 is 1.61 bits per heavy atom. The van der Waals surface area contributed by atoms with Gasteiger partial charge in [0, 0.05) is 13.0 Å². The number of esters is 1. The lowest BCUT2D eigenvalue weighted by molar-refractivity contribution is -0.154. The second-order valence-electron chi connectivity index (χ2n) is 8.07. The SMILES string of the molecule is CCCCCCCCCCCCCCCCCOCC(CO)OC(=O)CCC. The summed E-state index contributed by atoms with van der Waals surface area (Å²) in [5, 5.41) is 9.22. The maximum absolute atomic E-state index is 11.4. The van der Waals surface area contributed by atoms with E-state index in [1.807, 2.05) is 6.92 Å². The molecule has 0 spiro atoms. The summed E-state index contributed by atoms with van der Waals surface area (Å²) in [6, 6.07) is 0. The highest BCUT2D eigenvalue weighted by Gasteiger charge is 2.12. The quantitative estimate of drug-likeness (QED) is 0.165. The number of aliphatic hydroxyl groups excluding tert-OH is 1. The Hall–Kier alpha value is -0.610. The number of carbonyl (C=O) groups excluding carboxylic acids is 1. The molecule has 4 nitrogen and oxygen atoms in total. The van der Waals surface area contributed by atoms with Gasteiger partial charge in [-0.3, -0.25) is 4.79 Å². The molecule has 0 aromatic heterocycles. The first kappa shape index (κ1) is 27.4. The zero-order valence-electron chi connectivity index (χ0n) is 18.9. The Balaban J connectivity index is 3.23. The molecule has 0 aliphatic heterocycles. The Morgan fingerprint density at radius 1 is 0.714 bits per heavy atom. The number of hydrogen-bond donors (Lipinski definition) is 1. The normalized spacial score (nSPS) is 12.2. The molecule has 1 N–H and O–H groups in total. The molecule has 0 aromatic carbocycles. The number of hydrogen-bond acceptors (Lipinski definition) is 4. The smallest absolute Gasteiger partial charge is 0.306 e. The second kappa shape index (κ2) is 22.7. The van der Waals surface area contributed by atoms with Crippen LogP contribution in [0.5, 0.6) is 0 Å². The first-order valence-corrected chi connectivity index (χ1v) is 12.1. The molecular weight excluding hydrogens is 352 g/mol. The van der Waals surface area contributed by atoms with E-state index in [2.05, 4.69) is 6.92 Å². The summed E-state index contributed by atoms with van der Waals surface area (Å²) in [6.07, 6.45) is 20.9. The summed E-state index contributed by atoms with van der Waals surface area (Å²) >= 11 is 0. The molecule has 4 heteroatoms. The predicted molar refractivity (Wildman–Crippen MR) is 118 cm³/mol. The first-order valence-electron chi connectivity index (χ1n) is 12.1. The molecular formula is C24H48O4.